The van der Waals surface area contributed by atoms with Crippen LogP contribution in [-0.2, 0) is 0 Å². The van der Waals surface area contributed by atoms with E-state index in [4.69, 9.17) is 4.74 Å². The van der Waals surface area contributed by atoms with Gasteiger partial charge in [0.25, 0.3) is 0 Å². The van der Waals surface area contributed by atoms with Crippen molar-refractivity contribution in [1.29, 1.82) is 0 Å². The van der Waals surface area contributed by atoms with Gasteiger partial charge in [-0.25, -0.2) is 4.98 Å². The van der Waals surface area contributed by atoms with Crippen molar-refractivity contribution in [2.24, 2.45) is 0 Å². The number of rotatable bonds is 15. The molecule has 0 aliphatic heterocycles. The maximum atomic E-state index is 13.1. The molecule has 0 radical (unpaired) electrons. The van der Waals surface area contributed by atoms with E-state index in [2.05, 4.69) is 24.1 Å². The van der Waals surface area contributed by atoms with Crippen LogP contribution in [0.3, 0.4) is 0 Å². The summed E-state index contributed by atoms with van der Waals surface area (Å²) in [6, 6.07) is 11.1. The molecule has 0 aliphatic carbocycles. The first-order chi connectivity index (χ1) is 14.7. The van der Waals surface area contributed by atoms with Gasteiger partial charge < -0.3 is 10.1 Å². The lowest BCUT2D eigenvalue weighted by molar-refractivity contribution is 0.103. The van der Waals surface area contributed by atoms with Crippen LogP contribution in [0.1, 0.15) is 94.5 Å². The molecule has 0 amide bonds. The normalized spacial score (nSPS) is 11.8. The number of ketones is 1. The Labute approximate surface area is 182 Å². The Bertz CT molecular complexity index is 760. The number of aromatic nitrogens is 1. The smallest absolute Gasteiger partial charge is 0.196 e. The number of pyridine rings is 1. The lowest BCUT2D eigenvalue weighted by atomic mass is 10.0. The first-order valence-electron chi connectivity index (χ1n) is 11.7. The molecule has 4 heteroatoms. The first-order valence-corrected chi connectivity index (χ1v) is 11.7. The second-order valence-electron chi connectivity index (χ2n) is 7.99. The summed E-state index contributed by atoms with van der Waals surface area (Å²) in [4.78, 5) is 17.5. The van der Waals surface area contributed by atoms with Gasteiger partial charge in [0.15, 0.2) is 5.78 Å². The molecule has 1 aromatic heterocycles. The molecule has 0 saturated carbocycles. The molecule has 1 heterocycles. The molecule has 0 aliphatic rings. The standard InChI is InChI=1S/C26H38N2O2/c1-4-6-7-8-9-10-11-12-18-27-26-24(17-14-19-28-26)25(29)22-15-13-16-23(20-22)30-21(3)5-2/h13-17,19-21H,4-12,18H2,1-3H3,(H,27,28). The van der Waals surface area contributed by atoms with Gasteiger partial charge in [-0.05, 0) is 44.0 Å². The SMILES string of the molecule is CCCCCCCCCCNc1ncccc1C(=O)c1cccc(OC(C)CC)c1. The fourth-order valence-electron chi connectivity index (χ4n) is 3.38. The van der Waals surface area contributed by atoms with Crippen molar-refractivity contribution in [2.75, 3.05) is 11.9 Å². The van der Waals surface area contributed by atoms with Crippen LogP contribution in [0.4, 0.5) is 5.82 Å². The van der Waals surface area contributed by atoms with Crippen molar-refractivity contribution in [3.8, 4) is 5.75 Å². The van der Waals surface area contributed by atoms with Crippen LogP contribution < -0.4 is 10.1 Å². The van der Waals surface area contributed by atoms with Crippen molar-refractivity contribution < 1.29 is 9.53 Å². The minimum Gasteiger partial charge on any atom is -0.491 e. The molecule has 2 aromatic rings. The molecule has 1 aromatic carbocycles. The largest absolute Gasteiger partial charge is 0.491 e. The molecule has 0 bridgehead atoms. The van der Waals surface area contributed by atoms with Gasteiger partial charge >= 0.3 is 0 Å². The lowest BCUT2D eigenvalue weighted by Crippen LogP contribution is -2.12. The highest BCUT2D eigenvalue weighted by Crippen LogP contribution is 2.21. The Morgan fingerprint density at radius 1 is 1.00 bits per heavy atom. The lowest BCUT2D eigenvalue weighted by Gasteiger charge is -2.14. The van der Waals surface area contributed by atoms with Gasteiger partial charge in [-0.1, -0.05) is 70.9 Å². The summed E-state index contributed by atoms with van der Waals surface area (Å²) in [5, 5.41) is 3.37. The Hall–Kier alpha value is -2.36. The van der Waals surface area contributed by atoms with E-state index >= 15 is 0 Å². The second-order valence-corrected chi connectivity index (χ2v) is 7.99. The summed E-state index contributed by atoms with van der Waals surface area (Å²) < 4.78 is 5.87. The summed E-state index contributed by atoms with van der Waals surface area (Å²) in [5.41, 5.74) is 1.23. The topological polar surface area (TPSA) is 51.2 Å². The zero-order valence-corrected chi connectivity index (χ0v) is 19.0. The number of carbonyl (C=O) groups is 1. The van der Waals surface area contributed by atoms with E-state index in [1.165, 1.54) is 44.9 Å². The Morgan fingerprint density at radius 3 is 2.47 bits per heavy atom. The van der Waals surface area contributed by atoms with Crippen molar-refractivity contribution in [3.63, 3.8) is 0 Å². The van der Waals surface area contributed by atoms with Gasteiger partial charge in [0.2, 0.25) is 0 Å². The van der Waals surface area contributed by atoms with E-state index in [0.29, 0.717) is 16.9 Å². The zero-order chi connectivity index (χ0) is 21.6. The van der Waals surface area contributed by atoms with Gasteiger partial charge in [-0.3, -0.25) is 4.79 Å². The number of anilines is 1. The predicted molar refractivity (Wildman–Crippen MR) is 126 cm³/mol. The van der Waals surface area contributed by atoms with Crippen LogP contribution in [0.2, 0.25) is 0 Å². The highest BCUT2D eigenvalue weighted by Gasteiger charge is 2.15. The number of ether oxygens (including phenoxy) is 1. The van der Waals surface area contributed by atoms with E-state index in [1.54, 1.807) is 6.20 Å². The minimum atomic E-state index is -0.0314. The van der Waals surface area contributed by atoms with Crippen molar-refractivity contribution in [2.45, 2.75) is 84.7 Å². The molecule has 0 saturated heterocycles. The molecule has 30 heavy (non-hydrogen) atoms. The first kappa shape index (κ1) is 23.9. The summed E-state index contributed by atoms with van der Waals surface area (Å²) in [6.45, 7) is 7.20. The second kappa shape index (κ2) is 13.8. The fourth-order valence-corrected chi connectivity index (χ4v) is 3.38. The summed E-state index contributed by atoms with van der Waals surface area (Å²) in [6.07, 6.45) is 13.0. The monoisotopic (exact) mass is 410 g/mol. The van der Waals surface area contributed by atoms with E-state index in [0.717, 1.165) is 25.1 Å². The average Bonchev–Trinajstić information content (AvgIpc) is 2.78. The van der Waals surface area contributed by atoms with Crippen LogP contribution in [0.5, 0.6) is 5.75 Å². The quantitative estimate of drug-likeness (QED) is 0.253. The number of nitrogens with zero attached hydrogens (tertiary/aromatic N) is 1. The van der Waals surface area contributed by atoms with Gasteiger partial charge in [0, 0.05) is 18.3 Å². The molecule has 0 fully saturated rings. The number of hydrogen-bond donors (Lipinski definition) is 1. The number of benzene rings is 1. The molecule has 2 rings (SSSR count). The van der Waals surface area contributed by atoms with Crippen molar-refractivity contribution in [1.82, 2.24) is 4.98 Å². The van der Waals surface area contributed by atoms with E-state index in [9.17, 15) is 4.79 Å². The fraction of sp³-hybridized carbons (Fsp3) is 0.538. The third-order valence-corrected chi connectivity index (χ3v) is 5.38. The number of hydrogen-bond acceptors (Lipinski definition) is 4. The molecule has 1 unspecified atom stereocenters. The van der Waals surface area contributed by atoms with Crippen LogP contribution >= 0.6 is 0 Å². The molecule has 4 nitrogen and oxygen atoms in total. The number of unbranched alkanes of at least 4 members (excludes halogenated alkanes) is 7. The predicted octanol–water partition coefficient (Wildman–Crippen LogP) is 7.04. The van der Waals surface area contributed by atoms with Crippen LogP contribution in [0.15, 0.2) is 42.6 Å². The summed E-state index contributed by atoms with van der Waals surface area (Å²) in [7, 11) is 0. The highest BCUT2D eigenvalue weighted by atomic mass is 16.5. The van der Waals surface area contributed by atoms with Gasteiger partial charge in [-0.15, -0.1) is 0 Å². The molecule has 1 N–H and O–H groups in total. The molecule has 164 valence electrons. The molecular formula is C26H38N2O2. The van der Waals surface area contributed by atoms with Gasteiger partial charge in [-0.2, -0.15) is 0 Å². The zero-order valence-electron chi connectivity index (χ0n) is 19.0. The van der Waals surface area contributed by atoms with Gasteiger partial charge in [0.05, 0.1) is 11.7 Å². The molecule has 1 atom stereocenters. The summed E-state index contributed by atoms with van der Waals surface area (Å²) in [5.74, 6) is 1.36. The van der Waals surface area contributed by atoms with E-state index < -0.39 is 0 Å². The van der Waals surface area contributed by atoms with Gasteiger partial charge in [0.1, 0.15) is 11.6 Å². The number of carbonyl (C=O) groups excluding carboxylic acids is 1. The van der Waals surface area contributed by atoms with E-state index in [-0.39, 0.29) is 11.9 Å². The van der Waals surface area contributed by atoms with Crippen LogP contribution in [-0.4, -0.2) is 23.4 Å². The average molecular weight is 411 g/mol. The number of nitrogens with one attached hydrogen (secondary N) is 1. The van der Waals surface area contributed by atoms with E-state index in [1.807, 2.05) is 43.3 Å². The Morgan fingerprint density at radius 2 is 1.73 bits per heavy atom. The molecular weight excluding hydrogens is 372 g/mol. The maximum absolute atomic E-state index is 13.1. The van der Waals surface area contributed by atoms with Crippen molar-refractivity contribution >= 4 is 11.6 Å². The van der Waals surface area contributed by atoms with Crippen LogP contribution in [0, 0.1) is 0 Å². The minimum absolute atomic E-state index is 0.0314. The third kappa shape index (κ3) is 8.17. The third-order valence-electron chi connectivity index (χ3n) is 5.38. The summed E-state index contributed by atoms with van der Waals surface area (Å²) >= 11 is 0. The van der Waals surface area contributed by atoms with Crippen LogP contribution in [0.25, 0.3) is 0 Å². The molecule has 0 spiro atoms. The van der Waals surface area contributed by atoms with Crippen molar-refractivity contribution in [3.05, 3.63) is 53.7 Å². The highest BCUT2D eigenvalue weighted by molar-refractivity contribution is 6.12. The Kier molecular flexibility index (Phi) is 11.0. The Balaban J connectivity index is 1.88. The maximum Gasteiger partial charge on any atom is 0.196 e.